The third kappa shape index (κ3) is 2.78. The number of benzene rings is 1. The highest BCUT2D eigenvalue weighted by Crippen LogP contribution is 2.48. The Hall–Kier alpha value is -1.52. The fourth-order valence-corrected chi connectivity index (χ4v) is 2.17. The summed E-state index contributed by atoms with van der Waals surface area (Å²) in [6.45, 7) is 0.775. The molecule has 0 spiro atoms. The van der Waals surface area contributed by atoms with E-state index in [0.29, 0.717) is 12.0 Å². The molecule has 1 aromatic carbocycles. The molecular formula is C13H12BrN3. The smallest absolute Gasteiger partial charge is 0.101 e. The minimum Gasteiger partial charge on any atom is -0.383 e. The molecule has 0 aromatic heterocycles. The molecule has 86 valence electrons. The maximum absolute atomic E-state index is 9.03. The topological polar surface area (TPSA) is 59.6 Å². The fraction of sp³-hybridized carbons (Fsp3) is 0.385. The molecule has 0 aliphatic heterocycles. The number of halogens is 1. The number of nitrogens with zero attached hydrogens (tertiary/aromatic N) is 2. The van der Waals surface area contributed by atoms with Crippen molar-refractivity contribution in [2.24, 2.45) is 5.41 Å². The van der Waals surface area contributed by atoms with Crippen LogP contribution in [0, 0.1) is 28.1 Å². The number of nitrogens with one attached hydrogen (secondary N) is 1. The second kappa shape index (κ2) is 4.77. The third-order valence-corrected chi connectivity index (χ3v) is 3.66. The highest BCUT2D eigenvalue weighted by atomic mass is 79.9. The predicted molar refractivity (Wildman–Crippen MR) is 69.2 cm³/mol. The first kappa shape index (κ1) is 12.0. The van der Waals surface area contributed by atoms with Crippen LogP contribution >= 0.6 is 15.9 Å². The van der Waals surface area contributed by atoms with Crippen LogP contribution < -0.4 is 5.32 Å². The molecule has 0 heterocycles. The number of nitriles is 2. The molecule has 1 aromatic rings. The molecule has 1 N–H and O–H groups in total. The maximum Gasteiger partial charge on any atom is 0.101 e. The van der Waals surface area contributed by atoms with Gasteiger partial charge in [-0.15, -0.1) is 0 Å². The second-order valence-electron chi connectivity index (χ2n) is 4.49. The molecule has 1 fully saturated rings. The summed E-state index contributed by atoms with van der Waals surface area (Å²) in [5.74, 6) is 0. The first-order valence-electron chi connectivity index (χ1n) is 5.50. The van der Waals surface area contributed by atoms with Crippen LogP contribution in [0.1, 0.15) is 24.8 Å². The summed E-state index contributed by atoms with van der Waals surface area (Å²) >= 11 is 3.34. The van der Waals surface area contributed by atoms with Crippen LogP contribution in [-0.4, -0.2) is 6.54 Å². The summed E-state index contributed by atoms with van der Waals surface area (Å²) < 4.78 is 0.901. The van der Waals surface area contributed by atoms with Gasteiger partial charge in [0.25, 0.3) is 0 Å². The Kier molecular flexibility index (Phi) is 3.36. The molecule has 2 rings (SSSR count). The third-order valence-electron chi connectivity index (χ3n) is 3.17. The summed E-state index contributed by atoms with van der Waals surface area (Å²) in [6, 6.07) is 10.0. The average Bonchev–Trinajstić information content (AvgIpc) is 3.08. The van der Waals surface area contributed by atoms with Crippen LogP contribution in [0.25, 0.3) is 0 Å². The van der Waals surface area contributed by atoms with E-state index < -0.39 is 0 Å². The molecule has 3 nitrogen and oxygen atoms in total. The zero-order valence-electron chi connectivity index (χ0n) is 9.33. The SMILES string of the molecule is N#CCC1(CNc2ccc(Br)cc2C#N)CC1. The molecule has 17 heavy (non-hydrogen) atoms. The van der Waals surface area contributed by atoms with E-state index >= 15 is 0 Å². The largest absolute Gasteiger partial charge is 0.383 e. The van der Waals surface area contributed by atoms with E-state index in [0.717, 1.165) is 29.5 Å². The summed E-state index contributed by atoms with van der Waals surface area (Å²) in [5, 5.41) is 21.1. The Morgan fingerprint density at radius 2 is 2.12 bits per heavy atom. The summed E-state index contributed by atoms with van der Waals surface area (Å²) in [5.41, 5.74) is 1.63. The standard InChI is InChI=1S/C13H12BrN3/c14-11-1-2-12(10(7-11)8-16)17-9-13(3-4-13)5-6-15/h1-2,7,17H,3-5,9H2. The highest BCUT2D eigenvalue weighted by Gasteiger charge is 2.42. The van der Waals surface area contributed by atoms with Gasteiger partial charge in [-0.1, -0.05) is 15.9 Å². The van der Waals surface area contributed by atoms with Gasteiger partial charge in [-0.25, -0.2) is 0 Å². The van der Waals surface area contributed by atoms with Gasteiger partial charge in [0.05, 0.1) is 17.3 Å². The van der Waals surface area contributed by atoms with Crippen LogP contribution in [0.4, 0.5) is 5.69 Å². The Morgan fingerprint density at radius 3 is 2.71 bits per heavy atom. The lowest BCUT2D eigenvalue weighted by atomic mass is 10.0. The molecule has 1 saturated carbocycles. The quantitative estimate of drug-likeness (QED) is 0.924. The Labute approximate surface area is 109 Å². The highest BCUT2D eigenvalue weighted by molar-refractivity contribution is 9.10. The summed E-state index contributed by atoms with van der Waals surface area (Å²) in [6.07, 6.45) is 2.80. The van der Waals surface area contributed by atoms with Gasteiger partial charge in [-0.2, -0.15) is 10.5 Å². The van der Waals surface area contributed by atoms with Crippen molar-refractivity contribution in [2.75, 3.05) is 11.9 Å². The van der Waals surface area contributed by atoms with Gasteiger partial charge in [0.2, 0.25) is 0 Å². The van der Waals surface area contributed by atoms with Gasteiger partial charge in [0.1, 0.15) is 6.07 Å². The van der Waals surface area contributed by atoms with Crippen molar-refractivity contribution in [3.05, 3.63) is 28.2 Å². The molecule has 0 amide bonds. The Balaban J connectivity index is 2.05. The molecule has 0 unspecified atom stereocenters. The molecule has 0 atom stereocenters. The van der Waals surface area contributed by atoms with Crippen LogP contribution in [0.3, 0.4) is 0 Å². The van der Waals surface area contributed by atoms with Crippen LogP contribution in [0.15, 0.2) is 22.7 Å². The van der Waals surface area contributed by atoms with Gasteiger partial charge in [-0.05, 0) is 31.0 Å². The van der Waals surface area contributed by atoms with Gasteiger partial charge in [0.15, 0.2) is 0 Å². The second-order valence-corrected chi connectivity index (χ2v) is 5.41. The fourth-order valence-electron chi connectivity index (χ4n) is 1.81. The predicted octanol–water partition coefficient (Wildman–Crippen LogP) is 3.43. The Morgan fingerprint density at radius 1 is 1.35 bits per heavy atom. The zero-order valence-corrected chi connectivity index (χ0v) is 10.9. The maximum atomic E-state index is 9.03. The average molecular weight is 290 g/mol. The van der Waals surface area contributed by atoms with E-state index in [9.17, 15) is 0 Å². The zero-order chi connectivity index (χ0) is 12.3. The molecule has 0 saturated heterocycles. The molecule has 0 radical (unpaired) electrons. The van der Waals surface area contributed by atoms with Crippen LogP contribution in [-0.2, 0) is 0 Å². The van der Waals surface area contributed by atoms with E-state index in [1.807, 2.05) is 12.1 Å². The van der Waals surface area contributed by atoms with E-state index in [-0.39, 0.29) is 5.41 Å². The van der Waals surface area contributed by atoms with Crippen LogP contribution in [0.5, 0.6) is 0 Å². The number of anilines is 1. The molecule has 4 heteroatoms. The van der Waals surface area contributed by atoms with Crippen LogP contribution in [0.2, 0.25) is 0 Å². The Bertz CT molecular complexity index is 506. The van der Waals surface area contributed by atoms with Gasteiger partial charge >= 0.3 is 0 Å². The molecule has 0 bridgehead atoms. The van der Waals surface area contributed by atoms with Crippen molar-refractivity contribution in [1.29, 1.82) is 10.5 Å². The normalized spacial score (nSPS) is 15.7. The number of hydrogen-bond donors (Lipinski definition) is 1. The molecule has 1 aliphatic carbocycles. The van der Waals surface area contributed by atoms with Crippen molar-refractivity contribution in [2.45, 2.75) is 19.3 Å². The molecular weight excluding hydrogens is 278 g/mol. The minimum atomic E-state index is 0.147. The van der Waals surface area contributed by atoms with E-state index in [4.69, 9.17) is 10.5 Å². The lowest BCUT2D eigenvalue weighted by Gasteiger charge is -2.14. The van der Waals surface area contributed by atoms with Crippen molar-refractivity contribution < 1.29 is 0 Å². The number of hydrogen-bond acceptors (Lipinski definition) is 3. The van der Waals surface area contributed by atoms with E-state index in [1.165, 1.54) is 0 Å². The summed E-state index contributed by atoms with van der Waals surface area (Å²) in [4.78, 5) is 0. The van der Waals surface area contributed by atoms with E-state index in [1.54, 1.807) is 6.07 Å². The number of rotatable bonds is 4. The van der Waals surface area contributed by atoms with Crippen molar-refractivity contribution in [3.8, 4) is 12.1 Å². The van der Waals surface area contributed by atoms with Gasteiger partial charge in [-0.3, -0.25) is 0 Å². The van der Waals surface area contributed by atoms with Crippen molar-refractivity contribution in [3.63, 3.8) is 0 Å². The van der Waals surface area contributed by atoms with E-state index in [2.05, 4.69) is 33.4 Å². The van der Waals surface area contributed by atoms with Crippen molar-refractivity contribution >= 4 is 21.6 Å². The van der Waals surface area contributed by atoms with Gasteiger partial charge in [0, 0.05) is 22.9 Å². The lowest BCUT2D eigenvalue weighted by Crippen LogP contribution is -2.15. The monoisotopic (exact) mass is 289 g/mol. The van der Waals surface area contributed by atoms with Gasteiger partial charge < -0.3 is 5.32 Å². The van der Waals surface area contributed by atoms with Crippen molar-refractivity contribution in [1.82, 2.24) is 0 Å². The summed E-state index contributed by atoms with van der Waals surface area (Å²) in [7, 11) is 0. The first-order valence-corrected chi connectivity index (χ1v) is 6.29. The molecule has 1 aliphatic rings. The lowest BCUT2D eigenvalue weighted by molar-refractivity contribution is 0.557. The first-order chi connectivity index (χ1) is 8.19. The minimum absolute atomic E-state index is 0.147.